The molecule has 2 rings (SSSR count). The van der Waals surface area contributed by atoms with Crippen LogP contribution in [0.2, 0.25) is 0 Å². The first-order valence-electron chi connectivity index (χ1n) is 7.40. The largest absolute Gasteiger partial charge is 0.279 e. The van der Waals surface area contributed by atoms with Crippen molar-refractivity contribution < 1.29 is 13.3 Å². The van der Waals surface area contributed by atoms with E-state index in [9.17, 15) is 18.5 Å². The van der Waals surface area contributed by atoms with Crippen molar-refractivity contribution in [1.82, 2.24) is 0 Å². The van der Waals surface area contributed by atoms with Crippen LogP contribution in [0.15, 0.2) is 29.2 Å². The van der Waals surface area contributed by atoms with Gasteiger partial charge < -0.3 is 0 Å². The summed E-state index contributed by atoms with van der Waals surface area (Å²) in [6.45, 7) is 8.94. The van der Waals surface area contributed by atoms with Gasteiger partial charge in [-0.25, -0.2) is 8.42 Å². The molecular weight excluding hydrogens is 328 g/mol. The minimum absolute atomic E-state index is 0.160. The van der Waals surface area contributed by atoms with Crippen molar-refractivity contribution in [3.8, 4) is 0 Å². The number of benzene rings is 2. The van der Waals surface area contributed by atoms with Gasteiger partial charge in [-0.05, 0) is 62.4 Å². The van der Waals surface area contributed by atoms with E-state index in [0.29, 0.717) is 16.7 Å². The summed E-state index contributed by atoms with van der Waals surface area (Å²) in [5.74, 6) is 0. The minimum Gasteiger partial charge on any atom is -0.279 e. The summed E-state index contributed by atoms with van der Waals surface area (Å²) >= 11 is 0. The summed E-state index contributed by atoms with van der Waals surface area (Å²) in [5, 5.41) is 10.9. The van der Waals surface area contributed by atoms with E-state index in [0.717, 1.165) is 11.1 Å². The molecular formula is C17H20N2O4S. The molecule has 0 fully saturated rings. The van der Waals surface area contributed by atoms with Gasteiger partial charge in [-0.15, -0.1) is 0 Å². The van der Waals surface area contributed by atoms with Crippen molar-refractivity contribution in [1.29, 1.82) is 0 Å². The predicted octanol–water partition coefficient (Wildman–Crippen LogP) is 3.94. The van der Waals surface area contributed by atoms with Gasteiger partial charge in [0.25, 0.3) is 15.7 Å². The lowest BCUT2D eigenvalue weighted by Crippen LogP contribution is -2.17. The summed E-state index contributed by atoms with van der Waals surface area (Å²) < 4.78 is 28.3. The molecule has 0 saturated carbocycles. The standard InChI is InChI=1S/C17H20N2O4S/c1-10-6-7-15(19(20)21)9-16(10)18-24(22,23)17-13(4)11(2)8-12(3)14(17)5/h6-9,18H,1-5H3. The van der Waals surface area contributed by atoms with E-state index in [1.54, 1.807) is 20.8 Å². The number of sulfonamides is 1. The van der Waals surface area contributed by atoms with Gasteiger partial charge in [0, 0.05) is 12.1 Å². The molecule has 24 heavy (non-hydrogen) atoms. The Bertz CT molecular complexity index is 908. The smallest absolute Gasteiger partial charge is 0.271 e. The molecule has 0 radical (unpaired) electrons. The number of hydrogen-bond acceptors (Lipinski definition) is 4. The zero-order chi connectivity index (χ0) is 18.2. The van der Waals surface area contributed by atoms with Gasteiger partial charge in [-0.3, -0.25) is 14.8 Å². The monoisotopic (exact) mass is 348 g/mol. The van der Waals surface area contributed by atoms with Gasteiger partial charge in [0.2, 0.25) is 0 Å². The molecule has 0 aromatic heterocycles. The molecule has 1 N–H and O–H groups in total. The molecule has 0 atom stereocenters. The van der Waals surface area contributed by atoms with Crippen molar-refractivity contribution in [3.63, 3.8) is 0 Å². The minimum atomic E-state index is -3.86. The third-order valence-electron chi connectivity index (χ3n) is 4.24. The van der Waals surface area contributed by atoms with Crippen LogP contribution in [0.1, 0.15) is 27.8 Å². The summed E-state index contributed by atoms with van der Waals surface area (Å²) in [4.78, 5) is 10.6. The van der Waals surface area contributed by atoms with Crippen LogP contribution in [-0.2, 0) is 10.0 Å². The zero-order valence-corrected chi connectivity index (χ0v) is 15.1. The molecule has 2 aromatic rings. The molecule has 0 bridgehead atoms. The third kappa shape index (κ3) is 3.26. The molecule has 0 aliphatic heterocycles. The van der Waals surface area contributed by atoms with Crippen molar-refractivity contribution >= 4 is 21.4 Å². The quantitative estimate of drug-likeness (QED) is 0.669. The van der Waals surface area contributed by atoms with Crippen LogP contribution in [0.3, 0.4) is 0 Å². The zero-order valence-electron chi connectivity index (χ0n) is 14.3. The highest BCUT2D eigenvalue weighted by Gasteiger charge is 2.23. The summed E-state index contributed by atoms with van der Waals surface area (Å²) in [5.41, 5.74) is 3.78. The molecule has 0 unspecified atom stereocenters. The first-order valence-corrected chi connectivity index (χ1v) is 8.88. The fourth-order valence-electron chi connectivity index (χ4n) is 2.61. The van der Waals surface area contributed by atoms with Crippen LogP contribution < -0.4 is 4.72 Å². The van der Waals surface area contributed by atoms with Crippen LogP contribution in [0.4, 0.5) is 11.4 Å². The van der Waals surface area contributed by atoms with Gasteiger partial charge in [0.15, 0.2) is 0 Å². The molecule has 6 nitrogen and oxygen atoms in total. The maximum atomic E-state index is 12.9. The topological polar surface area (TPSA) is 89.3 Å². The Labute approximate surface area is 141 Å². The Balaban J connectivity index is 2.59. The van der Waals surface area contributed by atoms with Crippen molar-refractivity contribution in [3.05, 3.63) is 62.2 Å². The number of nitrogens with zero attached hydrogens (tertiary/aromatic N) is 1. The first kappa shape index (κ1) is 17.9. The summed E-state index contributed by atoms with van der Waals surface area (Å²) in [6.07, 6.45) is 0. The second kappa shape index (κ2) is 6.24. The third-order valence-corrected chi connectivity index (χ3v) is 5.88. The molecule has 128 valence electrons. The Kier molecular flexibility index (Phi) is 4.66. The van der Waals surface area contributed by atoms with Crippen molar-refractivity contribution in [2.24, 2.45) is 0 Å². The van der Waals surface area contributed by atoms with Gasteiger partial charge in [-0.1, -0.05) is 12.1 Å². The molecule has 0 heterocycles. The predicted molar refractivity (Wildman–Crippen MR) is 94.0 cm³/mol. The summed E-state index contributed by atoms with van der Waals surface area (Å²) in [6, 6.07) is 6.06. The van der Waals surface area contributed by atoms with Crippen LogP contribution in [0.5, 0.6) is 0 Å². The van der Waals surface area contributed by atoms with Gasteiger partial charge in [-0.2, -0.15) is 0 Å². The van der Waals surface area contributed by atoms with Crippen LogP contribution in [0, 0.1) is 44.7 Å². The molecule has 0 spiro atoms. The number of nitro groups is 1. The van der Waals surface area contributed by atoms with E-state index in [1.165, 1.54) is 18.2 Å². The molecule has 7 heteroatoms. The highest BCUT2D eigenvalue weighted by atomic mass is 32.2. The second-order valence-electron chi connectivity index (χ2n) is 5.95. The lowest BCUT2D eigenvalue weighted by Gasteiger charge is -2.17. The van der Waals surface area contributed by atoms with E-state index in [1.807, 2.05) is 19.9 Å². The van der Waals surface area contributed by atoms with E-state index in [4.69, 9.17) is 0 Å². The van der Waals surface area contributed by atoms with Gasteiger partial charge in [0.05, 0.1) is 15.5 Å². The van der Waals surface area contributed by atoms with Crippen LogP contribution in [-0.4, -0.2) is 13.3 Å². The SMILES string of the molecule is Cc1ccc([N+](=O)[O-])cc1NS(=O)(=O)c1c(C)c(C)cc(C)c1C. The van der Waals surface area contributed by atoms with Gasteiger partial charge >= 0.3 is 0 Å². The molecule has 0 aliphatic rings. The van der Waals surface area contributed by atoms with Crippen molar-refractivity contribution in [2.75, 3.05) is 4.72 Å². The van der Waals surface area contributed by atoms with Crippen LogP contribution in [0.25, 0.3) is 0 Å². The Morgan fingerprint density at radius 2 is 1.46 bits per heavy atom. The van der Waals surface area contributed by atoms with Crippen LogP contribution >= 0.6 is 0 Å². The lowest BCUT2D eigenvalue weighted by molar-refractivity contribution is -0.384. The summed E-state index contributed by atoms with van der Waals surface area (Å²) in [7, 11) is -3.86. The number of hydrogen-bond donors (Lipinski definition) is 1. The Hall–Kier alpha value is -2.41. The normalized spacial score (nSPS) is 11.4. The molecule has 0 saturated heterocycles. The average molecular weight is 348 g/mol. The highest BCUT2D eigenvalue weighted by Crippen LogP contribution is 2.30. The van der Waals surface area contributed by atoms with E-state index in [2.05, 4.69) is 4.72 Å². The van der Waals surface area contributed by atoms with Gasteiger partial charge in [0.1, 0.15) is 0 Å². The fraction of sp³-hybridized carbons (Fsp3) is 0.294. The fourth-order valence-corrected chi connectivity index (χ4v) is 4.35. The Morgan fingerprint density at radius 1 is 0.917 bits per heavy atom. The maximum absolute atomic E-state index is 12.9. The average Bonchev–Trinajstić information content (AvgIpc) is 2.47. The van der Waals surface area contributed by atoms with Crippen molar-refractivity contribution in [2.45, 2.75) is 39.5 Å². The molecule has 2 aromatic carbocycles. The Morgan fingerprint density at radius 3 is 1.96 bits per heavy atom. The second-order valence-corrected chi connectivity index (χ2v) is 7.57. The van der Waals surface area contributed by atoms with E-state index in [-0.39, 0.29) is 16.3 Å². The number of nitro benzene ring substituents is 1. The lowest BCUT2D eigenvalue weighted by atomic mass is 10.0. The maximum Gasteiger partial charge on any atom is 0.271 e. The highest BCUT2D eigenvalue weighted by molar-refractivity contribution is 7.92. The number of aryl methyl sites for hydroxylation is 3. The van der Waals surface area contributed by atoms with E-state index >= 15 is 0 Å². The number of rotatable bonds is 4. The number of nitrogens with one attached hydrogen (secondary N) is 1. The number of non-ortho nitro benzene ring substituents is 1. The number of anilines is 1. The molecule has 0 aliphatic carbocycles. The van der Waals surface area contributed by atoms with E-state index < -0.39 is 14.9 Å². The first-order chi connectivity index (χ1) is 11.0. The molecule has 0 amide bonds.